The molecular weight excluding hydrogens is 399 g/mol. The van der Waals surface area contributed by atoms with Crippen LogP contribution in [0.3, 0.4) is 0 Å². The molecule has 1 saturated carbocycles. The van der Waals surface area contributed by atoms with Crippen LogP contribution in [0.4, 0.5) is 18.9 Å². The second-order valence-corrected chi connectivity index (χ2v) is 6.78. The molecule has 2 aromatic carbocycles. The number of rotatable bonds is 6. The quantitative estimate of drug-likeness (QED) is 0.700. The molecule has 9 heteroatoms. The Hall–Kier alpha value is -2.74. The summed E-state index contributed by atoms with van der Waals surface area (Å²) in [5.41, 5.74) is -0.544. The minimum Gasteiger partial charge on any atom is -0.489 e. The zero-order valence-corrected chi connectivity index (χ0v) is 15.1. The van der Waals surface area contributed by atoms with Crippen LogP contribution in [0.1, 0.15) is 34.3 Å². The Kier molecular flexibility index (Phi) is 5.51. The molecule has 1 fully saturated rings. The summed E-state index contributed by atoms with van der Waals surface area (Å²) in [6, 6.07) is 7.01. The molecule has 1 amide bonds. The third kappa shape index (κ3) is 4.75. The summed E-state index contributed by atoms with van der Waals surface area (Å²) >= 11 is 5.88. The summed E-state index contributed by atoms with van der Waals surface area (Å²) in [5.74, 6) is -1.38. The molecule has 0 aromatic heterocycles. The molecule has 1 aliphatic rings. The van der Waals surface area contributed by atoms with Crippen molar-refractivity contribution in [2.24, 2.45) is 5.92 Å². The number of nitrogens with one attached hydrogen (secondary N) is 1. The molecule has 2 aromatic rings. The van der Waals surface area contributed by atoms with Crippen LogP contribution in [0.15, 0.2) is 36.4 Å². The summed E-state index contributed by atoms with van der Waals surface area (Å²) < 4.78 is 43.5. The van der Waals surface area contributed by atoms with Crippen molar-refractivity contribution in [1.29, 1.82) is 0 Å². The number of ether oxygens (including phenoxy) is 1. The van der Waals surface area contributed by atoms with Crippen LogP contribution in [0.5, 0.6) is 5.75 Å². The molecule has 0 spiro atoms. The molecule has 0 atom stereocenters. The molecule has 0 radical (unpaired) electrons. The minimum atomic E-state index is -4.50. The molecule has 0 unspecified atom stereocenters. The second-order valence-electron chi connectivity index (χ2n) is 6.37. The normalized spacial score (nSPS) is 13.9. The number of benzene rings is 2. The van der Waals surface area contributed by atoms with Crippen molar-refractivity contribution in [2.75, 3.05) is 5.32 Å². The number of halogens is 4. The summed E-state index contributed by atoms with van der Waals surface area (Å²) in [5, 5.41) is 11.8. The fraction of sp³-hybridized carbons (Fsp3) is 0.263. The largest absolute Gasteiger partial charge is 0.489 e. The van der Waals surface area contributed by atoms with Gasteiger partial charge in [0.15, 0.2) is 0 Å². The summed E-state index contributed by atoms with van der Waals surface area (Å²) in [6.45, 7) is -0.149. The van der Waals surface area contributed by atoms with Crippen molar-refractivity contribution in [3.05, 3.63) is 58.1 Å². The number of alkyl halides is 3. The number of carbonyl (C=O) groups excluding carboxylic acids is 1. The average molecular weight is 414 g/mol. The van der Waals surface area contributed by atoms with Crippen LogP contribution >= 0.6 is 11.6 Å². The van der Waals surface area contributed by atoms with Gasteiger partial charge in [0.1, 0.15) is 12.4 Å². The van der Waals surface area contributed by atoms with Gasteiger partial charge in [0, 0.05) is 16.5 Å². The maximum Gasteiger partial charge on any atom is 0.416 e. The van der Waals surface area contributed by atoms with Crippen LogP contribution in [0.25, 0.3) is 0 Å². The number of hydrogen-bond donors (Lipinski definition) is 2. The Bertz CT molecular complexity index is 926. The van der Waals surface area contributed by atoms with Crippen molar-refractivity contribution in [3.63, 3.8) is 0 Å². The zero-order chi connectivity index (χ0) is 20.5. The Morgan fingerprint density at radius 3 is 2.46 bits per heavy atom. The molecule has 3 rings (SSSR count). The fourth-order valence-electron chi connectivity index (χ4n) is 2.48. The molecule has 2 N–H and O–H groups in total. The van der Waals surface area contributed by atoms with Crippen molar-refractivity contribution < 1.29 is 32.6 Å². The van der Waals surface area contributed by atoms with Gasteiger partial charge in [0.2, 0.25) is 5.91 Å². The predicted octanol–water partition coefficient (Wildman–Crippen LogP) is 4.98. The maximum absolute atomic E-state index is 12.7. The van der Waals surface area contributed by atoms with Gasteiger partial charge in [-0.3, -0.25) is 4.79 Å². The van der Waals surface area contributed by atoms with E-state index >= 15 is 0 Å². The Morgan fingerprint density at radius 2 is 1.89 bits per heavy atom. The van der Waals surface area contributed by atoms with Crippen LogP contribution < -0.4 is 10.1 Å². The lowest BCUT2D eigenvalue weighted by Gasteiger charge is -2.13. The fourth-order valence-corrected chi connectivity index (χ4v) is 2.72. The first-order chi connectivity index (χ1) is 13.1. The van der Waals surface area contributed by atoms with Crippen LogP contribution in [-0.4, -0.2) is 17.0 Å². The van der Waals surface area contributed by atoms with Gasteiger partial charge in [-0.15, -0.1) is 0 Å². The van der Waals surface area contributed by atoms with E-state index < -0.39 is 17.7 Å². The van der Waals surface area contributed by atoms with E-state index in [0.717, 1.165) is 25.0 Å². The number of carbonyl (C=O) groups is 2. The summed E-state index contributed by atoms with van der Waals surface area (Å²) in [4.78, 5) is 23.3. The topological polar surface area (TPSA) is 75.6 Å². The van der Waals surface area contributed by atoms with Gasteiger partial charge in [-0.25, -0.2) is 4.79 Å². The standard InChI is InChI=1S/C19H15ClF3NO4/c20-15-7-12(19(21,22)23)4-3-11(15)9-28-13-5-6-16(14(8-13)18(26)27)24-17(25)10-1-2-10/h3-8,10H,1-2,9H2,(H,24,25)(H,26,27). The van der Waals surface area contributed by atoms with Crippen molar-refractivity contribution in [1.82, 2.24) is 0 Å². The van der Waals surface area contributed by atoms with Crippen molar-refractivity contribution in [2.45, 2.75) is 25.6 Å². The highest BCUT2D eigenvalue weighted by Crippen LogP contribution is 2.33. The molecule has 0 bridgehead atoms. The number of anilines is 1. The lowest BCUT2D eigenvalue weighted by Crippen LogP contribution is -2.16. The van der Waals surface area contributed by atoms with E-state index in [9.17, 15) is 27.9 Å². The van der Waals surface area contributed by atoms with Gasteiger partial charge >= 0.3 is 12.1 Å². The lowest BCUT2D eigenvalue weighted by atomic mass is 10.1. The Balaban J connectivity index is 1.73. The molecular formula is C19H15ClF3NO4. The first-order valence-electron chi connectivity index (χ1n) is 8.32. The Morgan fingerprint density at radius 1 is 1.18 bits per heavy atom. The van der Waals surface area contributed by atoms with E-state index in [1.807, 2.05) is 0 Å². The van der Waals surface area contributed by atoms with Crippen molar-refractivity contribution in [3.8, 4) is 5.75 Å². The molecule has 5 nitrogen and oxygen atoms in total. The molecule has 1 aliphatic carbocycles. The first kappa shape index (κ1) is 20.0. The van der Waals surface area contributed by atoms with Crippen LogP contribution in [-0.2, 0) is 17.6 Å². The minimum absolute atomic E-state index is 0.0839. The monoisotopic (exact) mass is 413 g/mol. The van der Waals surface area contributed by atoms with Gasteiger partial charge in [-0.1, -0.05) is 17.7 Å². The van der Waals surface area contributed by atoms with E-state index in [2.05, 4.69) is 5.32 Å². The highest BCUT2D eigenvalue weighted by atomic mass is 35.5. The first-order valence-corrected chi connectivity index (χ1v) is 8.69. The third-order valence-electron chi connectivity index (χ3n) is 4.20. The number of hydrogen-bond acceptors (Lipinski definition) is 3. The summed E-state index contributed by atoms with van der Waals surface area (Å²) in [7, 11) is 0. The van der Waals surface area contributed by atoms with Gasteiger partial charge in [0.05, 0.1) is 16.8 Å². The van der Waals surface area contributed by atoms with Gasteiger partial charge in [-0.2, -0.15) is 13.2 Å². The smallest absolute Gasteiger partial charge is 0.416 e. The highest BCUT2D eigenvalue weighted by molar-refractivity contribution is 6.31. The number of carboxylic acid groups (broad SMARTS) is 1. The van der Waals surface area contributed by atoms with E-state index in [4.69, 9.17) is 16.3 Å². The summed E-state index contributed by atoms with van der Waals surface area (Å²) in [6.07, 6.45) is -2.94. The number of carboxylic acids is 1. The zero-order valence-electron chi connectivity index (χ0n) is 14.3. The molecule has 0 heterocycles. The van der Waals surface area contributed by atoms with E-state index in [0.29, 0.717) is 5.56 Å². The SMILES string of the molecule is O=C(O)c1cc(OCc2ccc(C(F)(F)F)cc2Cl)ccc1NC(=O)C1CC1. The van der Waals surface area contributed by atoms with Gasteiger partial charge < -0.3 is 15.2 Å². The van der Waals surface area contributed by atoms with E-state index in [1.54, 1.807) is 0 Å². The molecule has 148 valence electrons. The van der Waals surface area contributed by atoms with Crippen molar-refractivity contribution >= 4 is 29.2 Å². The van der Waals surface area contributed by atoms with Crippen LogP contribution in [0.2, 0.25) is 5.02 Å². The highest BCUT2D eigenvalue weighted by Gasteiger charge is 2.31. The number of amides is 1. The molecule has 0 saturated heterocycles. The molecule has 0 aliphatic heterocycles. The lowest BCUT2D eigenvalue weighted by molar-refractivity contribution is -0.137. The van der Waals surface area contributed by atoms with Gasteiger partial charge in [0.25, 0.3) is 0 Å². The number of aromatic carboxylic acids is 1. The van der Waals surface area contributed by atoms with E-state index in [-0.39, 0.29) is 40.5 Å². The second kappa shape index (κ2) is 7.71. The van der Waals surface area contributed by atoms with Crippen LogP contribution in [0, 0.1) is 5.92 Å². The predicted molar refractivity (Wildman–Crippen MR) is 95.5 cm³/mol. The Labute approximate surface area is 163 Å². The van der Waals surface area contributed by atoms with E-state index in [1.165, 1.54) is 24.3 Å². The molecule has 28 heavy (non-hydrogen) atoms. The van der Waals surface area contributed by atoms with Gasteiger partial charge in [-0.05, 0) is 43.2 Å². The third-order valence-corrected chi connectivity index (χ3v) is 4.55. The average Bonchev–Trinajstić information content (AvgIpc) is 3.45. The maximum atomic E-state index is 12.7.